The van der Waals surface area contributed by atoms with Crippen molar-refractivity contribution in [2.45, 2.75) is 0 Å². The van der Waals surface area contributed by atoms with Gasteiger partial charge in [0, 0.05) is 29.8 Å². The number of hydrogen-bond acceptors (Lipinski definition) is 2. The van der Waals surface area contributed by atoms with E-state index in [1.54, 1.807) is 12.4 Å². The van der Waals surface area contributed by atoms with Gasteiger partial charge in [0.2, 0.25) is 0 Å². The van der Waals surface area contributed by atoms with Crippen molar-refractivity contribution >= 4 is 0 Å². The number of aromatic amines is 1. The van der Waals surface area contributed by atoms with E-state index in [0.717, 1.165) is 11.3 Å². The van der Waals surface area contributed by atoms with Gasteiger partial charge < -0.3 is 4.98 Å². The third-order valence-corrected chi connectivity index (χ3v) is 1.47. The van der Waals surface area contributed by atoms with Crippen LogP contribution < -0.4 is 0 Å². The molecule has 0 aliphatic rings. The minimum Gasteiger partial charge on any atom is -0.361 e. The molecule has 1 N–H and O–H groups in total. The van der Waals surface area contributed by atoms with E-state index in [4.69, 9.17) is 0 Å². The Morgan fingerprint density at radius 2 is 2.00 bits per heavy atom. The second kappa shape index (κ2) is 2.54. The fourth-order valence-electron chi connectivity index (χ4n) is 0.948. The fraction of sp³-hybridized carbons (Fsp3) is 0. The van der Waals surface area contributed by atoms with Crippen molar-refractivity contribution in [1.82, 2.24) is 15.0 Å². The lowest BCUT2D eigenvalue weighted by molar-refractivity contribution is 1.16. The maximum Gasteiger partial charge on any atom is 0.115 e. The van der Waals surface area contributed by atoms with Crippen LogP contribution in [0.3, 0.4) is 0 Å². The van der Waals surface area contributed by atoms with Crippen molar-refractivity contribution in [3.8, 4) is 11.3 Å². The monoisotopic (exact) mass is 145 g/mol. The summed E-state index contributed by atoms with van der Waals surface area (Å²) in [5, 5.41) is 0. The molecule has 2 rings (SSSR count). The average Bonchev–Trinajstić information content (AvgIpc) is 2.58. The molecule has 2 aromatic heterocycles. The Balaban J connectivity index is 2.46. The normalized spacial score (nSPS) is 9.82. The number of rotatable bonds is 1. The Hall–Kier alpha value is -1.64. The molecular formula is C8H7N3. The van der Waals surface area contributed by atoms with Crippen LogP contribution in [-0.2, 0) is 0 Å². The molecular weight excluding hydrogens is 138 g/mol. The first kappa shape index (κ1) is 6.09. The van der Waals surface area contributed by atoms with Crippen LogP contribution in [0, 0.1) is 0 Å². The predicted octanol–water partition coefficient (Wildman–Crippen LogP) is 1.47. The van der Waals surface area contributed by atoms with E-state index >= 15 is 0 Å². The molecule has 0 radical (unpaired) electrons. The van der Waals surface area contributed by atoms with E-state index in [9.17, 15) is 0 Å². The van der Waals surface area contributed by atoms with Crippen LogP contribution in [0.1, 0.15) is 0 Å². The lowest BCUT2D eigenvalue weighted by atomic mass is 10.2. The molecule has 0 spiro atoms. The Bertz CT molecular complexity index is 312. The second-order valence-corrected chi connectivity index (χ2v) is 2.21. The molecule has 0 fully saturated rings. The summed E-state index contributed by atoms with van der Waals surface area (Å²) < 4.78 is 0. The van der Waals surface area contributed by atoms with E-state index in [1.165, 1.54) is 6.33 Å². The third kappa shape index (κ3) is 1.12. The van der Waals surface area contributed by atoms with Gasteiger partial charge in [0.25, 0.3) is 0 Å². The molecule has 3 nitrogen and oxygen atoms in total. The van der Waals surface area contributed by atoms with Gasteiger partial charge in [-0.05, 0) is 12.1 Å². The SMILES string of the molecule is c1c[nH]c(-c2cncnc2)c1. The van der Waals surface area contributed by atoms with Crippen molar-refractivity contribution in [3.63, 3.8) is 0 Å². The van der Waals surface area contributed by atoms with Crippen LogP contribution in [-0.4, -0.2) is 15.0 Å². The Labute approximate surface area is 64.1 Å². The molecule has 54 valence electrons. The lowest BCUT2D eigenvalue weighted by Crippen LogP contribution is -1.80. The van der Waals surface area contributed by atoms with Crippen LogP contribution >= 0.6 is 0 Å². The van der Waals surface area contributed by atoms with E-state index in [1.807, 2.05) is 18.3 Å². The van der Waals surface area contributed by atoms with Crippen LogP contribution in [0.25, 0.3) is 11.3 Å². The van der Waals surface area contributed by atoms with Gasteiger partial charge in [-0.1, -0.05) is 0 Å². The highest BCUT2D eigenvalue weighted by atomic mass is 14.8. The third-order valence-electron chi connectivity index (χ3n) is 1.47. The quantitative estimate of drug-likeness (QED) is 0.660. The molecule has 2 aromatic rings. The first-order valence-electron chi connectivity index (χ1n) is 3.35. The Morgan fingerprint density at radius 1 is 1.18 bits per heavy atom. The Morgan fingerprint density at radius 3 is 2.64 bits per heavy atom. The molecule has 0 aromatic carbocycles. The van der Waals surface area contributed by atoms with E-state index in [2.05, 4.69) is 15.0 Å². The minimum atomic E-state index is 1.01. The highest BCUT2D eigenvalue weighted by molar-refractivity contribution is 5.56. The van der Waals surface area contributed by atoms with Crippen LogP contribution in [0.5, 0.6) is 0 Å². The van der Waals surface area contributed by atoms with Crippen molar-refractivity contribution in [3.05, 3.63) is 37.1 Å². The summed E-state index contributed by atoms with van der Waals surface area (Å²) in [4.78, 5) is 10.9. The molecule has 0 amide bonds. The largest absolute Gasteiger partial charge is 0.361 e. The lowest BCUT2D eigenvalue weighted by Gasteiger charge is -1.92. The van der Waals surface area contributed by atoms with Crippen LogP contribution in [0.2, 0.25) is 0 Å². The van der Waals surface area contributed by atoms with Crippen molar-refractivity contribution < 1.29 is 0 Å². The fourth-order valence-corrected chi connectivity index (χ4v) is 0.948. The smallest absolute Gasteiger partial charge is 0.115 e. The standard InChI is InChI=1S/C8H7N3/c1-2-8(11-3-1)7-4-9-6-10-5-7/h1-6,11H. The van der Waals surface area contributed by atoms with Gasteiger partial charge in [-0.15, -0.1) is 0 Å². The molecule has 0 aliphatic carbocycles. The Kier molecular flexibility index (Phi) is 1.41. The summed E-state index contributed by atoms with van der Waals surface area (Å²) in [6.07, 6.45) is 6.95. The van der Waals surface area contributed by atoms with E-state index in [-0.39, 0.29) is 0 Å². The topological polar surface area (TPSA) is 41.6 Å². The van der Waals surface area contributed by atoms with Gasteiger partial charge in [-0.2, -0.15) is 0 Å². The summed E-state index contributed by atoms with van der Waals surface area (Å²) in [7, 11) is 0. The van der Waals surface area contributed by atoms with Crippen molar-refractivity contribution in [2.24, 2.45) is 0 Å². The maximum atomic E-state index is 3.91. The molecule has 0 bridgehead atoms. The van der Waals surface area contributed by atoms with Gasteiger partial charge in [0.05, 0.1) is 0 Å². The van der Waals surface area contributed by atoms with Gasteiger partial charge >= 0.3 is 0 Å². The van der Waals surface area contributed by atoms with Crippen molar-refractivity contribution in [1.29, 1.82) is 0 Å². The zero-order valence-electron chi connectivity index (χ0n) is 5.86. The van der Waals surface area contributed by atoms with Gasteiger partial charge in [0.15, 0.2) is 0 Å². The summed E-state index contributed by atoms with van der Waals surface area (Å²) in [6, 6.07) is 3.93. The van der Waals surface area contributed by atoms with Crippen molar-refractivity contribution in [2.75, 3.05) is 0 Å². The number of nitrogens with zero attached hydrogens (tertiary/aromatic N) is 2. The molecule has 3 heteroatoms. The predicted molar refractivity (Wildman–Crippen MR) is 41.8 cm³/mol. The zero-order chi connectivity index (χ0) is 7.52. The first-order chi connectivity index (χ1) is 5.47. The van der Waals surface area contributed by atoms with E-state index in [0.29, 0.717) is 0 Å². The summed E-state index contributed by atoms with van der Waals surface area (Å²) in [6.45, 7) is 0. The maximum absolute atomic E-state index is 3.91. The number of hydrogen-bond donors (Lipinski definition) is 1. The highest BCUT2D eigenvalue weighted by Gasteiger charge is 1.94. The average molecular weight is 145 g/mol. The summed E-state index contributed by atoms with van der Waals surface area (Å²) in [5.74, 6) is 0. The molecule has 0 aliphatic heterocycles. The number of H-pyrrole nitrogens is 1. The van der Waals surface area contributed by atoms with Gasteiger partial charge in [0.1, 0.15) is 6.33 Å². The minimum absolute atomic E-state index is 1.01. The first-order valence-corrected chi connectivity index (χ1v) is 3.35. The summed E-state index contributed by atoms with van der Waals surface area (Å²) in [5.41, 5.74) is 2.06. The zero-order valence-corrected chi connectivity index (χ0v) is 5.86. The molecule has 11 heavy (non-hydrogen) atoms. The molecule has 0 unspecified atom stereocenters. The molecule has 0 saturated carbocycles. The molecule has 0 atom stereocenters. The van der Waals surface area contributed by atoms with Gasteiger partial charge in [-0.3, -0.25) is 0 Å². The van der Waals surface area contributed by atoms with Gasteiger partial charge in [-0.25, -0.2) is 9.97 Å². The van der Waals surface area contributed by atoms with Crippen LogP contribution in [0.4, 0.5) is 0 Å². The van der Waals surface area contributed by atoms with E-state index < -0.39 is 0 Å². The molecule has 0 saturated heterocycles. The molecule has 2 heterocycles. The highest BCUT2D eigenvalue weighted by Crippen LogP contribution is 2.12. The second-order valence-electron chi connectivity index (χ2n) is 2.21. The summed E-state index contributed by atoms with van der Waals surface area (Å²) >= 11 is 0. The number of nitrogens with one attached hydrogen (secondary N) is 1. The number of aromatic nitrogens is 3. The van der Waals surface area contributed by atoms with Crippen LogP contribution in [0.15, 0.2) is 37.1 Å².